The van der Waals surface area contributed by atoms with Gasteiger partial charge >= 0.3 is 0 Å². The molecular formula is C15H22O4S. The monoisotopic (exact) mass is 298 g/mol. The second-order valence-corrected chi connectivity index (χ2v) is 6.02. The third-order valence-electron chi connectivity index (χ3n) is 2.80. The number of Topliss-reactive ketones (excluding diaryl/α,β-unsaturated/α-hetero) is 1. The van der Waals surface area contributed by atoms with Crippen LogP contribution >= 0.6 is 0 Å². The zero-order valence-corrected chi connectivity index (χ0v) is 13.1. The van der Waals surface area contributed by atoms with Crippen LogP contribution in [0.3, 0.4) is 0 Å². The molecule has 0 aromatic heterocycles. The van der Waals surface area contributed by atoms with Crippen LogP contribution in [-0.4, -0.2) is 36.1 Å². The van der Waals surface area contributed by atoms with E-state index in [2.05, 4.69) is 0 Å². The average Bonchev–Trinajstić information content (AvgIpc) is 2.41. The van der Waals surface area contributed by atoms with E-state index in [4.69, 9.17) is 9.47 Å². The Hall–Kier alpha value is -1.20. The van der Waals surface area contributed by atoms with Crippen LogP contribution in [0.25, 0.3) is 0 Å². The molecule has 0 aliphatic rings. The summed E-state index contributed by atoms with van der Waals surface area (Å²) >= 11 is 0. The number of methoxy groups -OCH3 is 1. The maximum absolute atomic E-state index is 12.0. The Morgan fingerprint density at radius 1 is 1.35 bits per heavy atom. The predicted octanol–water partition coefficient (Wildman–Crippen LogP) is 2.57. The van der Waals surface area contributed by atoms with Crippen molar-refractivity contribution >= 4 is 16.6 Å². The maximum atomic E-state index is 12.0. The molecule has 0 bridgehead atoms. The van der Waals surface area contributed by atoms with Crippen molar-refractivity contribution < 1.29 is 18.5 Å². The quantitative estimate of drug-likeness (QED) is 0.519. The van der Waals surface area contributed by atoms with Crippen molar-refractivity contribution in [2.75, 3.05) is 26.1 Å². The zero-order valence-electron chi connectivity index (χ0n) is 12.3. The first-order valence-corrected chi connectivity index (χ1v) is 8.17. The van der Waals surface area contributed by atoms with E-state index < -0.39 is 10.8 Å². The van der Waals surface area contributed by atoms with E-state index in [1.807, 2.05) is 6.92 Å². The standard InChI is InChI=1S/C15H22O4S/c1-4-19-15-7-6-13(12(2)16)10-14(15)11-20(17)9-5-8-18-3/h6-7,10H,4-5,8-9,11H2,1-3H3. The summed E-state index contributed by atoms with van der Waals surface area (Å²) in [6.07, 6.45) is 0.763. The third kappa shape index (κ3) is 5.43. The van der Waals surface area contributed by atoms with Crippen LogP contribution in [0.15, 0.2) is 18.2 Å². The van der Waals surface area contributed by atoms with Crippen molar-refractivity contribution in [2.24, 2.45) is 0 Å². The van der Waals surface area contributed by atoms with Crippen LogP contribution in [0.5, 0.6) is 5.75 Å². The van der Waals surface area contributed by atoms with Gasteiger partial charge in [0.25, 0.3) is 0 Å². The molecular weight excluding hydrogens is 276 g/mol. The zero-order chi connectivity index (χ0) is 15.0. The van der Waals surface area contributed by atoms with Crippen molar-refractivity contribution in [2.45, 2.75) is 26.0 Å². The Kier molecular flexibility index (Phi) is 7.47. The number of carbonyl (C=O) groups excluding carboxylic acids is 1. The third-order valence-corrected chi connectivity index (χ3v) is 4.18. The molecule has 112 valence electrons. The Bertz CT molecular complexity index is 471. The molecule has 0 radical (unpaired) electrons. The fourth-order valence-corrected chi connectivity index (χ4v) is 2.97. The van der Waals surface area contributed by atoms with Gasteiger partial charge in [-0.2, -0.15) is 0 Å². The minimum Gasteiger partial charge on any atom is -0.494 e. The van der Waals surface area contributed by atoms with E-state index in [-0.39, 0.29) is 5.78 Å². The summed E-state index contributed by atoms with van der Waals surface area (Å²) in [5.41, 5.74) is 1.45. The maximum Gasteiger partial charge on any atom is 0.159 e. The van der Waals surface area contributed by atoms with E-state index in [9.17, 15) is 9.00 Å². The molecule has 0 amide bonds. The van der Waals surface area contributed by atoms with Crippen LogP contribution in [0.1, 0.15) is 36.2 Å². The molecule has 1 aromatic carbocycles. The second-order valence-electron chi connectivity index (χ2n) is 4.45. The van der Waals surface area contributed by atoms with Gasteiger partial charge < -0.3 is 9.47 Å². The number of hydrogen-bond acceptors (Lipinski definition) is 4. The molecule has 4 nitrogen and oxygen atoms in total. The van der Waals surface area contributed by atoms with E-state index in [0.717, 1.165) is 12.0 Å². The molecule has 1 aromatic rings. The summed E-state index contributed by atoms with van der Waals surface area (Å²) in [5.74, 6) is 1.70. The van der Waals surface area contributed by atoms with Gasteiger partial charge in [0, 0.05) is 41.4 Å². The summed E-state index contributed by atoms with van der Waals surface area (Å²) in [4.78, 5) is 11.4. The van der Waals surface area contributed by atoms with Crippen molar-refractivity contribution in [1.82, 2.24) is 0 Å². The molecule has 0 heterocycles. The number of carbonyl (C=O) groups is 1. The highest BCUT2D eigenvalue weighted by Gasteiger charge is 2.11. The number of benzene rings is 1. The molecule has 0 spiro atoms. The summed E-state index contributed by atoms with van der Waals surface area (Å²) in [6, 6.07) is 5.30. The molecule has 0 fully saturated rings. The number of rotatable bonds is 9. The van der Waals surface area contributed by atoms with E-state index in [1.54, 1.807) is 25.3 Å². The highest BCUT2D eigenvalue weighted by molar-refractivity contribution is 7.84. The summed E-state index contributed by atoms with van der Waals surface area (Å²) in [6.45, 7) is 4.58. The lowest BCUT2D eigenvalue weighted by Crippen LogP contribution is -2.07. The van der Waals surface area contributed by atoms with E-state index in [1.165, 1.54) is 6.92 Å². The predicted molar refractivity (Wildman–Crippen MR) is 80.8 cm³/mol. The fourth-order valence-electron chi connectivity index (χ4n) is 1.82. The minimum absolute atomic E-state index is 0.000497. The lowest BCUT2D eigenvalue weighted by molar-refractivity contribution is 0.101. The highest BCUT2D eigenvalue weighted by atomic mass is 32.2. The number of hydrogen-bond donors (Lipinski definition) is 0. The van der Waals surface area contributed by atoms with Gasteiger partial charge in [-0.1, -0.05) is 0 Å². The Morgan fingerprint density at radius 2 is 2.10 bits per heavy atom. The lowest BCUT2D eigenvalue weighted by atomic mass is 10.1. The highest BCUT2D eigenvalue weighted by Crippen LogP contribution is 2.22. The molecule has 5 heteroatoms. The number of ether oxygens (including phenoxy) is 2. The normalized spacial score (nSPS) is 12.2. The van der Waals surface area contributed by atoms with Gasteiger partial charge in [0.2, 0.25) is 0 Å². The van der Waals surface area contributed by atoms with Crippen LogP contribution < -0.4 is 4.74 Å². The molecule has 0 saturated heterocycles. The Balaban J connectivity index is 2.81. The summed E-state index contributed by atoms with van der Waals surface area (Å²) < 4.78 is 22.5. The van der Waals surface area contributed by atoms with Gasteiger partial charge in [0.05, 0.1) is 12.4 Å². The first-order valence-electron chi connectivity index (χ1n) is 6.69. The van der Waals surface area contributed by atoms with E-state index >= 15 is 0 Å². The first kappa shape index (κ1) is 16.9. The molecule has 0 aliphatic carbocycles. The van der Waals surface area contributed by atoms with Crippen molar-refractivity contribution in [3.8, 4) is 5.75 Å². The molecule has 1 atom stereocenters. The van der Waals surface area contributed by atoms with Gasteiger partial charge in [-0.3, -0.25) is 9.00 Å². The van der Waals surface area contributed by atoms with Crippen molar-refractivity contribution in [1.29, 1.82) is 0 Å². The molecule has 20 heavy (non-hydrogen) atoms. The van der Waals surface area contributed by atoms with Gasteiger partial charge in [0.15, 0.2) is 5.78 Å². The summed E-state index contributed by atoms with van der Waals surface area (Å²) in [5, 5.41) is 0. The fraction of sp³-hybridized carbons (Fsp3) is 0.533. The summed E-state index contributed by atoms with van der Waals surface area (Å²) in [7, 11) is 0.652. The smallest absolute Gasteiger partial charge is 0.159 e. The largest absolute Gasteiger partial charge is 0.494 e. The lowest BCUT2D eigenvalue weighted by Gasteiger charge is -2.11. The van der Waals surface area contributed by atoms with Crippen LogP contribution in [0.2, 0.25) is 0 Å². The Labute approximate surface area is 122 Å². The van der Waals surface area contributed by atoms with Gasteiger partial charge in [-0.25, -0.2) is 0 Å². The molecule has 0 N–H and O–H groups in total. The van der Waals surface area contributed by atoms with Crippen LogP contribution in [0, 0.1) is 0 Å². The SMILES string of the molecule is CCOc1ccc(C(C)=O)cc1CS(=O)CCCOC. The first-order chi connectivity index (χ1) is 9.58. The number of ketones is 1. The topological polar surface area (TPSA) is 52.6 Å². The molecule has 0 aliphatic heterocycles. The van der Waals surface area contributed by atoms with Gasteiger partial charge in [0.1, 0.15) is 5.75 Å². The molecule has 1 unspecified atom stereocenters. The van der Waals surface area contributed by atoms with Crippen LogP contribution in [-0.2, 0) is 21.3 Å². The van der Waals surface area contributed by atoms with Gasteiger partial charge in [-0.15, -0.1) is 0 Å². The minimum atomic E-state index is -0.979. The molecule has 1 rings (SSSR count). The van der Waals surface area contributed by atoms with Crippen molar-refractivity contribution in [3.63, 3.8) is 0 Å². The molecule has 0 saturated carbocycles. The second kappa shape index (κ2) is 8.87. The van der Waals surface area contributed by atoms with Crippen LogP contribution in [0.4, 0.5) is 0 Å². The Morgan fingerprint density at radius 3 is 2.70 bits per heavy atom. The van der Waals surface area contributed by atoms with Crippen molar-refractivity contribution in [3.05, 3.63) is 29.3 Å². The average molecular weight is 298 g/mol. The van der Waals surface area contributed by atoms with Gasteiger partial charge in [-0.05, 0) is 38.5 Å². The van der Waals surface area contributed by atoms with E-state index in [0.29, 0.717) is 36.0 Å².